The highest BCUT2D eigenvalue weighted by molar-refractivity contribution is 6.31. The van der Waals surface area contributed by atoms with Crippen LogP contribution in [0.2, 0.25) is 5.02 Å². The molecule has 0 bridgehead atoms. The molecule has 0 spiro atoms. The Hall–Kier alpha value is -3.81. The van der Waals surface area contributed by atoms with Gasteiger partial charge in [0.2, 0.25) is 6.79 Å². The predicted octanol–water partition coefficient (Wildman–Crippen LogP) is 5.93. The van der Waals surface area contributed by atoms with Crippen LogP contribution in [0, 0.1) is 5.82 Å². The summed E-state index contributed by atoms with van der Waals surface area (Å²) in [5, 5.41) is 3.52. The molecule has 1 aliphatic rings. The minimum atomic E-state index is -0.318. The molecule has 0 fully saturated rings. The first-order valence-electron chi connectivity index (χ1n) is 11.5. The average molecular weight is 507 g/mol. The van der Waals surface area contributed by atoms with Gasteiger partial charge in [0.25, 0.3) is 5.91 Å². The fraction of sp³-hybridized carbons (Fsp3) is 0.179. The highest BCUT2D eigenvalue weighted by atomic mass is 35.5. The van der Waals surface area contributed by atoms with Crippen LogP contribution in [0.5, 0.6) is 11.5 Å². The van der Waals surface area contributed by atoms with Crippen molar-refractivity contribution in [3.63, 3.8) is 0 Å². The summed E-state index contributed by atoms with van der Waals surface area (Å²) in [5.74, 6) is 1.59. The van der Waals surface area contributed by atoms with Crippen molar-refractivity contribution in [1.82, 2.24) is 10.2 Å². The molecule has 1 N–H and O–H groups in total. The van der Waals surface area contributed by atoms with Gasteiger partial charge in [0, 0.05) is 24.7 Å². The first kappa shape index (κ1) is 23.9. The number of ether oxygens (including phenoxy) is 2. The maximum absolute atomic E-state index is 13.8. The smallest absolute Gasteiger partial charge is 0.287 e. The molecule has 1 amide bonds. The van der Waals surface area contributed by atoms with E-state index in [2.05, 4.69) is 10.2 Å². The Balaban J connectivity index is 1.25. The summed E-state index contributed by atoms with van der Waals surface area (Å²) >= 11 is 6.38. The first-order valence-corrected chi connectivity index (χ1v) is 11.9. The summed E-state index contributed by atoms with van der Waals surface area (Å²) in [7, 11) is 0. The number of fused-ring (bicyclic) bond motifs is 1. The highest BCUT2D eigenvalue weighted by Crippen LogP contribution is 2.32. The van der Waals surface area contributed by atoms with Crippen LogP contribution in [0.25, 0.3) is 0 Å². The van der Waals surface area contributed by atoms with E-state index in [0.717, 1.165) is 16.7 Å². The highest BCUT2D eigenvalue weighted by Gasteiger charge is 2.17. The van der Waals surface area contributed by atoms with Gasteiger partial charge < -0.3 is 19.2 Å². The summed E-state index contributed by atoms with van der Waals surface area (Å²) in [6.45, 7) is 1.95. The molecular weight excluding hydrogens is 483 g/mol. The number of carbonyl (C=O) groups excluding carboxylic acids is 1. The van der Waals surface area contributed by atoms with Crippen LogP contribution < -0.4 is 14.8 Å². The largest absolute Gasteiger partial charge is 0.455 e. The van der Waals surface area contributed by atoms with Gasteiger partial charge in [0.1, 0.15) is 11.6 Å². The molecule has 5 rings (SSSR count). The lowest BCUT2D eigenvalue weighted by Crippen LogP contribution is -2.23. The van der Waals surface area contributed by atoms with Gasteiger partial charge in [-0.1, -0.05) is 48.0 Å². The zero-order valence-corrected chi connectivity index (χ0v) is 20.1. The summed E-state index contributed by atoms with van der Waals surface area (Å²) in [5.41, 5.74) is 2.67. The van der Waals surface area contributed by atoms with E-state index in [0.29, 0.717) is 48.5 Å². The summed E-state index contributed by atoms with van der Waals surface area (Å²) in [6, 6.07) is 23.1. The first-order chi connectivity index (χ1) is 17.5. The fourth-order valence-corrected chi connectivity index (χ4v) is 4.25. The Morgan fingerprint density at radius 2 is 1.75 bits per heavy atom. The van der Waals surface area contributed by atoms with Crippen LogP contribution in [0.4, 0.5) is 4.39 Å². The second-order valence-electron chi connectivity index (χ2n) is 8.50. The maximum atomic E-state index is 13.8. The molecule has 2 heterocycles. The molecule has 0 unspecified atom stereocenters. The van der Waals surface area contributed by atoms with Crippen LogP contribution in [0.3, 0.4) is 0 Å². The van der Waals surface area contributed by atoms with Crippen LogP contribution in [-0.2, 0) is 26.2 Å². The molecule has 36 heavy (non-hydrogen) atoms. The normalized spacial score (nSPS) is 12.2. The SMILES string of the molecule is O=C(NCc1ccc2c(c1)OCO2)c1ccc(CN(Cc2cccc(F)c2)Cc2ccccc2Cl)o1. The number of furan rings is 1. The van der Waals surface area contributed by atoms with Crippen molar-refractivity contribution < 1.29 is 23.1 Å². The van der Waals surface area contributed by atoms with Crippen molar-refractivity contribution in [2.75, 3.05) is 6.79 Å². The van der Waals surface area contributed by atoms with Crippen molar-refractivity contribution >= 4 is 17.5 Å². The minimum absolute atomic E-state index is 0.201. The zero-order valence-electron chi connectivity index (χ0n) is 19.4. The second-order valence-corrected chi connectivity index (χ2v) is 8.91. The second kappa shape index (κ2) is 10.8. The summed E-state index contributed by atoms with van der Waals surface area (Å²) in [6.07, 6.45) is 0. The molecule has 8 heteroatoms. The number of nitrogens with one attached hydrogen (secondary N) is 1. The van der Waals surface area contributed by atoms with Crippen molar-refractivity contribution in [2.45, 2.75) is 26.2 Å². The van der Waals surface area contributed by atoms with Crippen LogP contribution in [0.1, 0.15) is 33.0 Å². The maximum Gasteiger partial charge on any atom is 0.287 e. The van der Waals surface area contributed by atoms with Gasteiger partial charge in [0.05, 0.1) is 6.54 Å². The number of nitrogens with zero attached hydrogens (tertiary/aromatic N) is 1. The lowest BCUT2D eigenvalue weighted by molar-refractivity contribution is 0.0918. The van der Waals surface area contributed by atoms with Crippen LogP contribution in [-0.4, -0.2) is 17.6 Å². The molecule has 1 aromatic heterocycles. The molecule has 184 valence electrons. The average Bonchev–Trinajstić information content (AvgIpc) is 3.53. The summed E-state index contributed by atoms with van der Waals surface area (Å²) in [4.78, 5) is 14.8. The number of halogens is 2. The van der Waals surface area contributed by atoms with E-state index in [1.807, 2.05) is 48.5 Å². The lowest BCUT2D eigenvalue weighted by Gasteiger charge is -2.22. The molecule has 4 aromatic rings. The molecule has 6 nitrogen and oxygen atoms in total. The Morgan fingerprint density at radius 1 is 0.889 bits per heavy atom. The third kappa shape index (κ3) is 5.87. The van der Waals surface area contributed by atoms with Gasteiger partial charge in [-0.05, 0) is 59.2 Å². The van der Waals surface area contributed by atoms with E-state index in [-0.39, 0.29) is 24.3 Å². The monoisotopic (exact) mass is 506 g/mol. The number of rotatable bonds is 9. The zero-order chi connectivity index (χ0) is 24.9. The molecule has 0 aliphatic carbocycles. The van der Waals surface area contributed by atoms with E-state index in [9.17, 15) is 9.18 Å². The molecule has 0 saturated carbocycles. The van der Waals surface area contributed by atoms with Crippen molar-refractivity contribution in [1.29, 1.82) is 0 Å². The Labute approximate surface area is 213 Å². The van der Waals surface area contributed by atoms with Gasteiger partial charge in [-0.25, -0.2) is 4.39 Å². The van der Waals surface area contributed by atoms with E-state index in [1.54, 1.807) is 18.2 Å². The number of hydrogen-bond donors (Lipinski definition) is 1. The third-order valence-corrected chi connectivity index (χ3v) is 6.17. The molecule has 0 atom stereocenters. The molecule has 3 aromatic carbocycles. The van der Waals surface area contributed by atoms with E-state index < -0.39 is 0 Å². The Kier molecular flexibility index (Phi) is 7.21. The fourth-order valence-electron chi connectivity index (χ4n) is 4.05. The van der Waals surface area contributed by atoms with E-state index in [1.165, 1.54) is 12.1 Å². The third-order valence-electron chi connectivity index (χ3n) is 5.80. The van der Waals surface area contributed by atoms with Gasteiger partial charge in [-0.15, -0.1) is 0 Å². The number of benzene rings is 3. The van der Waals surface area contributed by atoms with Crippen LogP contribution in [0.15, 0.2) is 83.3 Å². The van der Waals surface area contributed by atoms with Gasteiger partial charge in [-0.2, -0.15) is 0 Å². The Morgan fingerprint density at radius 3 is 2.61 bits per heavy atom. The topological polar surface area (TPSA) is 63.9 Å². The molecule has 1 aliphatic heterocycles. The number of carbonyl (C=O) groups is 1. The minimum Gasteiger partial charge on any atom is -0.455 e. The van der Waals surface area contributed by atoms with Crippen LogP contribution >= 0.6 is 11.6 Å². The van der Waals surface area contributed by atoms with E-state index >= 15 is 0 Å². The van der Waals surface area contributed by atoms with Gasteiger partial charge >= 0.3 is 0 Å². The Bertz CT molecular complexity index is 1370. The molecule has 0 saturated heterocycles. The van der Waals surface area contributed by atoms with Crippen molar-refractivity contribution in [3.8, 4) is 11.5 Å². The van der Waals surface area contributed by atoms with Crippen molar-refractivity contribution in [3.05, 3.63) is 118 Å². The standard InChI is InChI=1S/C28H24ClFN2O4/c29-24-7-2-1-5-21(24)16-32(15-20-4-3-6-22(30)12-20)17-23-9-11-26(36-23)28(33)31-14-19-8-10-25-27(13-19)35-18-34-25/h1-13H,14-18H2,(H,31,33). The van der Waals surface area contributed by atoms with Gasteiger partial charge in [-0.3, -0.25) is 9.69 Å². The van der Waals surface area contributed by atoms with E-state index in [4.69, 9.17) is 25.5 Å². The number of hydrogen-bond acceptors (Lipinski definition) is 5. The summed E-state index contributed by atoms with van der Waals surface area (Å²) < 4.78 is 30.3. The molecular formula is C28H24ClFN2O4. The van der Waals surface area contributed by atoms with Crippen molar-refractivity contribution in [2.24, 2.45) is 0 Å². The lowest BCUT2D eigenvalue weighted by atomic mass is 10.1. The molecule has 0 radical (unpaired) electrons. The predicted molar refractivity (Wildman–Crippen MR) is 133 cm³/mol. The van der Waals surface area contributed by atoms with Gasteiger partial charge in [0.15, 0.2) is 17.3 Å². The quantitative estimate of drug-likeness (QED) is 0.305. The number of amides is 1.